The summed E-state index contributed by atoms with van der Waals surface area (Å²) in [7, 11) is -9.88. The van der Waals surface area contributed by atoms with Crippen LogP contribution in [0, 0.1) is 17.8 Å². The third-order valence-electron chi connectivity index (χ3n) is 14.6. The summed E-state index contributed by atoms with van der Waals surface area (Å²) < 4.78 is 67.8. The van der Waals surface area contributed by atoms with Crippen LogP contribution in [0.1, 0.15) is 312 Å². The number of carbonyl (C=O) groups is 4. The van der Waals surface area contributed by atoms with E-state index in [0.29, 0.717) is 25.7 Å². The average Bonchev–Trinajstić information content (AvgIpc) is 3.43. The molecule has 0 rings (SSSR count). The third kappa shape index (κ3) is 58.8. The Morgan fingerprint density at radius 2 is 0.554 bits per heavy atom. The van der Waals surface area contributed by atoms with Crippen molar-refractivity contribution in [3.8, 4) is 0 Å². The third-order valence-corrected chi connectivity index (χ3v) is 16.5. The maximum atomic E-state index is 13.0. The summed E-state index contributed by atoms with van der Waals surface area (Å²) in [5.41, 5.74) is 0. The van der Waals surface area contributed by atoms with Gasteiger partial charge in [-0.1, -0.05) is 260 Å². The van der Waals surface area contributed by atoms with E-state index in [1.807, 2.05) is 0 Å². The molecule has 0 radical (unpaired) electrons. The zero-order valence-electron chi connectivity index (χ0n) is 53.6. The van der Waals surface area contributed by atoms with Crippen molar-refractivity contribution < 1.29 is 80.2 Å². The molecule has 3 N–H and O–H groups in total. The lowest BCUT2D eigenvalue weighted by Gasteiger charge is -2.21. The molecular formula is C64H124O17P2. The summed E-state index contributed by atoms with van der Waals surface area (Å²) in [6, 6.07) is 0. The second kappa shape index (κ2) is 55.4. The highest BCUT2D eigenvalue weighted by molar-refractivity contribution is 7.47. The van der Waals surface area contributed by atoms with Crippen LogP contribution in [0.15, 0.2) is 0 Å². The maximum Gasteiger partial charge on any atom is 0.472 e. The Balaban J connectivity index is 5.18. The highest BCUT2D eigenvalue weighted by Gasteiger charge is 2.30. The molecule has 0 aromatic rings. The van der Waals surface area contributed by atoms with Crippen LogP contribution in [0.3, 0.4) is 0 Å². The number of hydrogen-bond donors (Lipinski definition) is 3. The zero-order valence-corrected chi connectivity index (χ0v) is 55.4. The number of unbranched alkanes of at least 4 members (excludes halogenated alkanes) is 30. The Hall–Kier alpha value is -1.94. The van der Waals surface area contributed by atoms with Gasteiger partial charge in [-0.3, -0.25) is 37.3 Å². The monoisotopic (exact) mass is 1230 g/mol. The van der Waals surface area contributed by atoms with Gasteiger partial charge in [0, 0.05) is 25.7 Å². The fourth-order valence-electron chi connectivity index (χ4n) is 9.48. The largest absolute Gasteiger partial charge is 0.472 e. The predicted octanol–water partition coefficient (Wildman–Crippen LogP) is 17.5. The van der Waals surface area contributed by atoms with Crippen molar-refractivity contribution in [2.75, 3.05) is 39.6 Å². The fourth-order valence-corrected chi connectivity index (χ4v) is 11.1. The standard InChI is InChI=1S/C64H124O17P2/c1-8-9-10-28-38-45-61(66)74-51-59(80-64(69)48-41-34-27-21-20-24-31-37-44-57(6)7)53-78-82(70,71)76-49-58(65)50-77-83(72,73)79-54-60(52-75-62(67)46-39-32-25-19-15-17-23-30-36-43-56(4)5)81-63(68)47-40-33-26-18-14-12-11-13-16-22-29-35-42-55(2)3/h55-60,65H,8-54H2,1-7H3,(H,70,71)(H,72,73)/t58-,59+,60+/m0/s1. The number of carbonyl (C=O) groups excluding carboxylic acids is 4. The number of hydrogen-bond acceptors (Lipinski definition) is 15. The fraction of sp³-hybridized carbons (Fsp3) is 0.938. The van der Waals surface area contributed by atoms with Crippen LogP contribution >= 0.6 is 15.6 Å². The van der Waals surface area contributed by atoms with E-state index in [2.05, 4.69) is 48.5 Å². The first-order chi connectivity index (χ1) is 39.7. The smallest absolute Gasteiger partial charge is 0.462 e. The van der Waals surface area contributed by atoms with E-state index in [0.717, 1.165) is 114 Å². The van der Waals surface area contributed by atoms with Crippen LogP contribution < -0.4 is 0 Å². The lowest BCUT2D eigenvalue weighted by molar-refractivity contribution is -0.161. The molecule has 0 aromatic carbocycles. The first-order valence-electron chi connectivity index (χ1n) is 33.3. The van der Waals surface area contributed by atoms with Gasteiger partial charge in [0.15, 0.2) is 12.2 Å². The quantitative estimate of drug-likeness (QED) is 0.0222. The number of phosphoric acid groups is 2. The minimum atomic E-state index is -4.94. The van der Waals surface area contributed by atoms with Gasteiger partial charge >= 0.3 is 39.5 Å². The topological polar surface area (TPSA) is 237 Å². The van der Waals surface area contributed by atoms with Gasteiger partial charge in [-0.15, -0.1) is 0 Å². The lowest BCUT2D eigenvalue weighted by atomic mass is 10.0. The molecular weight excluding hydrogens is 1100 g/mol. The molecule has 492 valence electrons. The molecule has 0 aliphatic rings. The van der Waals surface area contributed by atoms with Crippen molar-refractivity contribution in [1.29, 1.82) is 0 Å². The number of rotatable bonds is 62. The van der Waals surface area contributed by atoms with Crippen LogP contribution in [0.5, 0.6) is 0 Å². The molecule has 0 saturated carbocycles. The molecule has 0 spiro atoms. The molecule has 0 aliphatic carbocycles. The van der Waals surface area contributed by atoms with Gasteiger partial charge in [0.2, 0.25) is 0 Å². The minimum absolute atomic E-state index is 0.103. The van der Waals surface area contributed by atoms with Gasteiger partial charge in [-0.25, -0.2) is 9.13 Å². The number of phosphoric ester groups is 2. The van der Waals surface area contributed by atoms with E-state index in [4.69, 9.17) is 37.0 Å². The molecule has 0 aromatic heterocycles. The number of aliphatic hydroxyl groups excluding tert-OH is 1. The Kier molecular flexibility index (Phi) is 54.1. The van der Waals surface area contributed by atoms with Crippen LogP contribution in [0.2, 0.25) is 0 Å². The summed E-state index contributed by atoms with van der Waals surface area (Å²) in [5, 5.41) is 10.5. The van der Waals surface area contributed by atoms with Gasteiger partial charge in [0.1, 0.15) is 19.3 Å². The zero-order chi connectivity index (χ0) is 61.7. The Labute approximate surface area is 505 Å². The molecule has 5 atom stereocenters. The van der Waals surface area contributed by atoms with Crippen molar-refractivity contribution in [2.45, 2.75) is 330 Å². The van der Waals surface area contributed by atoms with Crippen molar-refractivity contribution in [2.24, 2.45) is 17.8 Å². The van der Waals surface area contributed by atoms with E-state index in [1.54, 1.807) is 0 Å². The van der Waals surface area contributed by atoms with Crippen LogP contribution in [0.25, 0.3) is 0 Å². The van der Waals surface area contributed by atoms with Crippen molar-refractivity contribution >= 4 is 39.5 Å². The summed E-state index contributed by atoms with van der Waals surface area (Å²) in [6.45, 7) is 11.7. The molecule has 17 nitrogen and oxygen atoms in total. The predicted molar refractivity (Wildman–Crippen MR) is 331 cm³/mol. The molecule has 19 heteroatoms. The van der Waals surface area contributed by atoms with Gasteiger partial charge in [-0.2, -0.15) is 0 Å². The van der Waals surface area contributed by atoms with Crippen LogP contribution in [-0.2, 0) is 65.4 Å². The number of aliphatic hydroxyl groups is 1. The highest BCUT2D eigenvalue weighted by Crippen LogP contribution is 2.45. The molecule has 2 unspecified atom stereocenters. The second-order valence-electron chi connectivity index (χ2n) is 24.6. The van der Waals surface area contributed by atoms with Crippen molar-refractivity contribution in [3.63, 3.8) is 0 Å². The average molecular weight is 1230 g/mol. The van der Waals surface area contributed by atoms with Crippen LogP contribution in [-0.4, -0.2) is 96.7 Å². The molecule has 0 aliphatic heterocycles. The van der Waals surface area contributed by atoms with E-state index in [9.17, 15) is 43.2 Å². The van der Waals surface area contributed by atoms with Gasteiger partial charge in [0.25, 0.3) is 0 Å². The SMILES string of the molecule is CCCCCCCC(=O)OC[C@H](COP(=O)(O)OC[C@H](O)COP(=O)(O)OC[C@@H](COC(=O)CCCCCCCCCCCC(C)C)OC(=O)CCCCCCCCCCCCCCC(C)C)OC(=O)CCCCCCCCCCC(C)C. The minimum Gasteiger partial charge on any atom is -0.462 e. The van der Waals surface area contributed by atoms with Crippen LogP contribution in [0.4, 0.5) is 0 Å². The molecule has 0 bridgehead atoms. The van der Waals surface area contributed by atoms with Crippen molar-refractivity contribution in [3.05, 3.63) is 0 Å². The lowest BCUT2D eigenvalue weighted by Crippen LogP contribution is -2.30. The summed E-state index contributed by atoms with van der Waals surface area (Å²) in [6.07, 6.45) is 36.6. The molecule has 83 heavy (non-hydrogen) atoms. The first kappa shape index (κ1) is 81.1. The molecule has 0 amide bonds. The van der Waals surface area contributed by atoms with E-state index in [1.165, 1.54) is 116 Å². The Morgan fingerprint density at radius 1 is 0.325 bits per heavy atom. The van der Waals surface area contributed by atoms with Gasteiger partial charge in [-0.05, 0) is 43.4 Å². The van der Waals surface area contributed by atoms with Gasteiger partial charge in [0.05, 0.1) is 26.4 Å². The van der Waals surface area contributed by atoms with Gasteiger partial charge < -0.3 is 33.8 Å². The van der Waals surface area contributed by atoms with E-state index >= 15 is 0 Å². The highest BCUT2D eigenvalue weighted by atomic mass is 31.2. The Morgan fingerprint density at radius 3 is 0.819 bits per heavy atom. The summed E-state index contributed by atoms with van der Waals surface area (Å²) in [5.74, 6) is 0.0921. The van der Waals surface area contributed by atoms with E-state index in [-0.39, 0.29) is 25.7 Å². The molecule has 0 fully saturated rings. The Bertz CT molecular complexity index is 1650. The van der Waals surface area contributed by atoms with E-state index < -0.39 is 97.5 Å². The normalized spacial score (nSPS) is 14.4. The number of ether oxygens (including phenoxy) is 4. The second-order valence-corrected chi connectivity index (χ2v) is 27.5. The summed E-state index contributed by atoms with van der Waals surface area (Å²) >= 11 is 0. The molecule has 0 heterocycles. The van der Waals surface area contributed by atoms with Crippen molar-refractivity contribution in [1.82, 2.24) is 0 Å². The summed E-state index contributed by atoms with van der Waals surface area (Å²) in [4.78, 5) is 72.0. The number of esters is 4. The first-order valence-corrected chi connectivity index (χ1v) is 36.3. The maximum absolute atomic E-state index is 13.0. The molecule has 0 saturated heterocycles.